The van der Waals surface area contributed by atoms with Crippen LogP contribution in [-0.2, 0) is 5.41 Å². The van der Waals surface area contributed by atoms with Gasteiger partial charge in [-0.3, -0.25) is 0 Å². The molecule has 0 saturated heterocycles. The molecule has 0 spiro atoms. The number of rotatable bonds is 3. The minimum Gasteiger partial charge on any atom is -0.357 e. The number of aryl methyl sites for hydroxylation is 2. The molecule has 0 aliphatic carbocycles. The third kappa shape index (κ3) is 2.43. The van der Waals surface area contributed by atoms with Gasteiger partial charge in [-0.25, -0.2) is 0 Å². The molecule has 3 rings (SSSR count). The molecule has 0 radical (unpaired) electrons. The molecule has 2 aromatic carbocycles. The first-order chi connectivity index (χ1) is 11.4. The van der Waals surface area contributed by atoms with Crippen molar-refractivity contribution in [3.63, 3.8) is 0 Å². The zero-order chi connectivity index (χ0) is 17.5. The summed E-state index contributed by atoms with van der Waals surface area (Å²) in [5.74, 6) is 0. The second kappa shape index (κ2) is 5.69. The first kappa shape index (κ1) is 16.1. The maximum Gasteiger partial charge on any atom is 0.0992 e. The van der Waals surface area contributed by atoms with Gasteiger partial charge in [0.2, 0.25) is 0 Å². The molecule has 0 atom stereocenters. The number of benzene rings is 2. The molecule has 0 bridgehead atoms. The van der Waals surface area contributed by atoms with E-state index in [9.17, 15) is 0 Å². The van der Waals surface area contributed by atoms with Gasteiger partial charge >= 0.3 is 0 Å². The summed E-state index contributed by atoms with van der Waals surface area (Å²) in [5, 5.41) is 10.3. The second-order valence-electron chi connectivity index (χ2n) is 6.92. The number of aromatic amines is 1. The molecule has 0 saturated carbocycles. The Bertz CT molecular complexity index is 981. The number of aromatic nitrogens is 1. The number of H-pyrrole nitrogens is 1. The Kier molecular flexibility index (Phi) is 3.81. The number of hydrogen-bond donors (Lipinski definition) is 1. The lowest BCUT2D eigenvalue weighted by Gasteiger charge is -2.28. The number of nitriles is 1. The van der Waals surface area contributed by atoms with Gasteiger partial charge in [0, 0.05) is 22.0 Å². The monoisotopic (exact) mass is 314 g/mol. The third-order valence-electron chi connectivity index (χ3n) is 4.91. The highest BCUT2D eigenvalue weighted by Crippen LogP contribution is 2.38. The van der Waals surface area contributed by atoms with Crippen LogP contribution in [0.15, 0.2) is 43.0 Å². The van der Waals surface area contributed by atoms with Crippen molar-refractivity contribution >= 4 is 17.0 Å². The highest BCUT2D eigenvalue weighted by atomic mass is 14.7. The fraction of sp³-hybridized carbons (Fsp3) is 0.227. The van der Waals surface area contributed by atoms with Gasteiger partial charge in [-0.1, -0.05) is 56.3 Å². The molecule has 1 aromatic heterocycles. The summed E-state index contributed by atoms with van der Waals surface area (Å²) in [6.45, 7) is 12.7. The Morgan fingerprint density at radius 3 is 2.54 bits per heavy atom. The number of nitrogens with one attached hydrogen (secondary N) is 1. The standard InChI is InChI=1S/C22H22N2/c1-6-17-9-7-14(2)11-19(17)22(4,5)21-15(3)18-10-8-16(13-23)12-20(18)24-21/h6-12,24H,1H2,2-5H3. The van der Waals surface area contributed by atoms with Crippen LogP contribution in [0.5, 0.6) is 0 Å². The average Bonchev–Trinajstić information content (AvgIpc) is 2.91. The van der Waals surface area contributed by atoms with E-state index < -0.39 is 0 Å². The quantitative estimate of drug-likeness (QED) is 0.669. The molecular weight excluding hydrogens is 292 g/mol. The highest BCUT2D eigenvalue weighted by molar-refractivity contribution is 5.86. The van der Waals surface area contributed by atoms with Crippen LogP contribution in [0, 0.1) is 25.2 Å². The Morgan fingerprint density at radius 2 is 1.88 bits per heavy atom. The zero-order valence-electron chi connectivity index (χ0n) is 14.7. The van der Waals surface area contributed by atoms with Crippen LogP contribution in [0.2, 0.25) is 0 Å². The molecule has 120 valence electrons. The molecule has 0 unspecified atom stereocenters. The Morgan fingerprint density at radius 1 is 1.12 bits per heavy atom. The molecule has 0 amide bonds. The van der Waals surface area contributed by atoms with Crippen molar-refractivity contribution in [2.45, 2.75) is 33.1 Å². The molecule has 24 heavy (non-hydrogen) atoms. The third-order valence-corrected chi connectivity index (χ3v) is 4.91. The fourth-order valence-electron chi connectivity index (χ4n) is 3.56. The summed E-state index contributed by atoms with van der Waals surface area (Å²) in [5.41, 5.74) is 7.57. The second-order valence-corrected chi connectivity index (χ2v) is 6.92. The number of nitrogens with zero attached hydrogens (tertiary/aromatic N) is 1. The van der Waals surface area contributed by atoms with Crippen molar-refractivity contribution in [1.29, 1.82) is 5.26 Å². The molecule has 1 heterocycles. The van der Waals surface area contributed by atoms with Crippen LogP contribution in [0.1, 0.15) is 47.4 Å². The Labute approximate surface area is 143 Å². The van der Waals surface area contributed by atoms with Gasteiger partial charge in [-0.15, -0.1) is 0 Å². The van der Waals surface area contributed by atoms with E-state index in [0.717, 1.165) is 11.1 Å². The largest absolute Gasteiger partial charge is 0.357 e. The van der Waals surface area contributed by atoms with Crippen molar-refractivity contribution in [2.75, 3.05) is 0 Å². The van der Waals surface area contributed by atoms with E-state index in [1.807, 2.05) is 24.3 Å². The topological polar surface area (TPSA) is 39.6 Å². The van der Waals surface area contributed by atoms with Crippen molar-refractivity contribution in [1.82, 2.24) is 4.98 Å². The fourth-order valence-corrected chi connectivity index (χ4v) is 3.56. The highest BCUT2D eigenvalue weighted by Gasteiger charge is 2.29. The van der Waals surface area contributed by atoms with E-state index in [-0.39, 0.29) is 5.41 Å². The van der Waals surface area contributed by atoms with Crippen molar-refractivity contribution in [3.8, 4) is 6.07 Å². The molecular formula is C22H22N2. The maximum absolute atomic E-state index is 9.13. The summed E-state index contributed by atoms with van der Waals surface area (Å²) < 4.78 is 0. The van der Waals surface area contributed by atoms with E-state index in [0.29, 0.717) is 5.56 Å². The lowest BCUT2D eigenvalue weighted by Crippen LogP contribution is -2.22. The molecule has 0 aliphatic heterocycles. The Balaban J connectivity index is 2.26. The van der Waals surface area contributed by atoms with E-state index in [2.05, 4.69) is 63.5 Å². The molecule has 2 nitrogen and oxygen atoms in total. The lowest BCUT2D eigenvalue weighted by atomic mass is 9.77. The van der Waals surface area contributed by atoms with E-state index in [1.165, 1.54) is 27.8 Å². The summed E-state index contributed by atoms with van der Waals surface area (Å²) in [4.78, 5) is 3.56. The molecule has 1 N–H and O–H groups in total. The van der Waals surface area contributed by atoms with Gasteiger partial charge < -0.3 is 4.98 Å². The first-order valence-electron chi connectivity index (χ1n) is 8.15. The minimum absolute atomic E-state index is 0.189. The van der Waals surface area contributed by atoms with E-state index in [1.54, 1.807) is 0 Å². The van der Waals surface area contributed by atoms with Crippen LogP contribution in [0.3, 0.4) is 0 Å². The van der Waals surface area contributed by atoms with Gasteiger partial charge in [0.1, 0.15) is 0 Å². The first-order valence-corrected chi connectivity index (χ1v) is 8.15. The number of fused-ring (bicyclic) bond motifs is 1. The summed E-state index contributed by atoms with van der Waals surface area (Å²) in [7, 11) is 0. The molecule has 2 heteroatoms. The maximum atomic E-state index is 9.13. The van der Waals surface area contributed by atoms with Crippen molar-refractivity contribution < 1.29 is 0 Å². The smallest absolute Gasteiger partial charge is 0.0992 e. The van der Waals surface area contributed by atoms with Crippen LogP contribution in [0.4, 0.5) is 0 Å². The van der Waals surface area contributed by atoms with Crippen LogP contribution < -0.4 is 0 Å². The molecule has 3 aromatic rings. The van der Waals surface area contributed by atoms with Gasteiger partial charge in [0.25, 0.3) is 0 Å². The predicted molar refractivity (Wildman–Crippen MR) is 101 cm³/mol. The normalized spacial score (nSPS) is 11.5. The van der Waals surface area contributed by atoms with Gasteiger partial charge in [0.05, 0.1) is 11.6 Å². The lowest BCUT2D eigenvalue weighted by molar-refractivity contribution is 0.617. The Hall–Kier alpha value is -2.79. The van der Waals surface area contributed by atoms with Gasteiger partial charge in [-0.05, 0) is 42.7 Å². The van der Waals surface area contributed by atoms with E-state index in [4.69, 9.17) is 5.26 Å². The van der Waals surface area contributed by atoms with Gasteiger partial charge in [0.15, 0.2) is 0 Å². The summed E-state index contributed by atoms with van der Waals surface area (Å²) >= 11 is 0. The van der Waals surface area contributed by atoms with Crippen LogP contribution >= 0.6 is 0 Å². The molecule has 0 aliphatic rings. The summed E-state index contributed by atoms with van der Waals surface area (Å²) in [6, 6.07) is 14.5. The van der Waals surface area contributed by atoms with Crippen LogP contribution in [0.25, 0.3) is 17.0 Å². The average molecular weight is 314 g/mol. The zero-order valence-corrected chi connectivity index (χ0v) is 14.7. The SMILES string of the molecule is C=Cc1ccc(C)cc1C(C)(C)c1[nH]c2cc(C#N)ccc2c1C. The van der Waals surface area contributed by atoms with Crippen molar-refractivity contribution in [3.05, 3.63) is 76.5 Å². The van der Waals surface area contributed by atoms with E-state index >= 15 is 0 Å². The number of hydrogen-bond acceptors (Lipinski definition) is 1. The van der Waals surface area contributed by atoms with Crippen molar-refractivity contribution in [2.24, 2.45) is 0 Å². The van der Waals surface area contributed by atoms with Crippen LogP contribution in [-0.4, -0.2) is 4.98 Å². The van der Waals surface area contributed by atoms with Gasteiger partial charge in [-0.2, -0.15) is 5.26 Å². The predicted octanol–water partition coefficient (Wildman–Crippen LogP) is 5.63. The summed E-state index contributed by atoms with van der Waals surface area (Å²) in [6.07, 6.45) is 1.92. The minimum atomic E-state index is -0.189. The molecule has 0 fully saturated rings.